The average molecular weight is 223 g/mol. The number of hydrogen-bond donors (Lipinski definition) is 1. The smallest absolute Gasteiger partial charge is 0.123 e. The molecule has 0 amide bonds. The highest BCUT2D eigenvalue weighted by molar-refractivity contribution is 5.36. The van der Waals surface area contributed by atoms with E-state index in [9.17, 15) is 0 Å². The minimum absolute atomic E-state index is 0.295. The normalized spacial score (nSPS) is 12.5. The lowest BCUT2D eigenvalue weighted by Crippen LogP contribution is -2.07. The van der Waals surface area contributed by atoms with Gasteiger partial charge in [0.05, 0.1) is 19.8 Å². The van der Waals surface area contributed by atoms with Gasteiger partial charge < -0.3 is 15.2 Å². The fourth-order valence-corrected chi connectivity index (χ4v) is 1.44. The van der Waals surface area contributed by atoms with Crippen molar-refractivity contribution >= 4 is 0 Å². The molecular weight excluding hydrogens is 202 g/mol. The van der Waals surface area contributed by atoms with Crippen LogP contribution in [0.2, 0.25) is 0 Å². The van der Waals surface area contributed by atoms with Gasteiger partial charge in [-0.2, -0.15) is 0 Å². The maximum Gasteiger partial charge on any atom is 0.123 e. The lowest BCUT2D eigenvalue weighted by molar-refractivity contribution is 0.0508. The van der Waals surface area contributed by atoms with Crippen LogP contribution in [-0.2, 0) is 17.9 Å². The molecule has 3 nitrogen and oxygen atoms in total. The van der Waals surface area contributed by atoms with Crippen molar-refractivity contribution in [2.75, 3.05) is 7.11 Å². The maximum atomic E-state index is 5.67. The zero-order valence-electron chi connectivity index (χ0n) is 10.3. The van der Waals surface area contributed by atoms with Gasteiger partial charge in [0, 0.05) is 12.1 Å². The summed E-state index contributed by atoms with van der Waals surface area (Å²) in [6.45, 7) is 5.31. The first kappa shape index (κ1) is 13.0. The van der Waals surface area contributed by atoms with Gasteiger partial charge in [0.25, 0.3) is 0 Å². The van der Waals surface area contributed by atoms with Gasteiger partial charge in [-0.1, -0.05) is 13.0 Å². The molecule has 1 atom stereocenters. The summed E-state index contributed by atoms with van der Waals surface area (Å²) in [4.78, 5) is 0. The average Bonchev–Trinajstić information content (AvgIpc) is 2.35. The summed E-state index contributed by atoms with van der Waals surface area (Å²) >= 11 is 0. The Balaban J connectivity index is 2.67. The summed E-state index contributed by atoms with van der Waals surface area (Å²) in [6.07, 6.45) is 1.32. The Kier molecular flexibility index (Phi) is 5.29. The Morgan fingerprint density at radius 2 is 2.12 bits per heavy atom. The molecule has 0 aliphatic rings. The van der Waals surface area contributed by atoms with Gasteiger partial charge >= 0.3 is 0 Å². The molecule has 1 unspecified atom stereocenters. The van der Waals surface area contributed by atoms with E-state index in [1.54, 1.807) is 7.11 Å². The van der Waals surface area contributed by atoms with Crippen molar-refractivity contribution in [1.82, 2.24) is 0 Å². The Morgan fingerprint density at radius 1 is 1.38 bits per heavy atom. The summed E-state index contributed by atoms with van der Waals surface area (Å²) in [7, 11) is 1.66. The standard InChI is InChI=1S/C13H21NO2/c1-4-10(2)16-9-11-5-6-13(15-3)12(7-11)8-14/h5-7,10H,4,8-9,14H2,1-3H3. The van der Waals surface area contributed by atoms with E-state index in [0.29, 0.717) is 19.3 Å². The van der Waals surface area contributed by atoms with Crippen molar-refractivity contribution in [3.63, 3.8) is 0 Å². The van der Waals surface area contributed by atoms with Crippen molar-refractivity contribution < 1.29 is 9.47 Å². The monoisotopic (exact) mass is 223 g/mol. The van der Waals surface area contributed by atoms with E-state index in [4.69, 9.17) is 15.2 Å². The van der Waals surface area contributed by atoms with Crippen LogP contribution in [0.3, 0.4) is 0 Å². The Morgan fingerprint density at radius 3 is 2.69 bits per heavy atom. The summed E-state index contributed by atoms with van der Waals surface area (Å²) in [5.74, 6) is 0.842. The molecule has 90 valence electrons. The first-order valence-electron chi connectivity index (χ1n) is 5.68. The minimum Gasteiger partial charge on any atom is -0.496 e. The third-order valence-corrected chi connectivity index (χ3v) is 2.67. The van der Waals surface area contributed by atoms with Crippen LogP contribution in [0, 0.1) is 0 Å². The van der Waals surface area contributed by atoms with Crippen molar-refractivity contribution in [3.8, 4) is 5.75 Å². The third-order valence-electron chi connectivity index (χ3n) is 2.67. The van der Waals surface area contributed by atoms with E-state index in [-0.39, 0.29) is 0 Å². The minimum atomic E-state index is 0.295. The zero-order chi connectivity index (χ0) is 12.0. The number of nitrogens with two attached hydrogens (primary N) is 1. The van der Waals surface area contributed by atoms with Gasteiger partial charge in [-0.3, -0.25) is 0 Å². The molecule has 0 radical (unpaired) electrons. The SMILES string of the molecule is CCC(C)OCc1ccc(OC)c(CN)c1. The predicted octanol–water partition coefficient (Wildman–Crippen LogP) is 2.47. The molecule has 0 aliphatic carbocycles. The first-order valence-corrected chi connectivity index (χ1v) is 5.68. The van der Waals surface area contributed by atoms with E-state index < -0.39 is 0 Å². The molecule has 3 heteroatoms. The second-order valence-electron chi connectivity index (χ2n) is 3.88. The molecular formula is C13H21NO2. The van der Waals surface area contributed by atoms with Crippen LogP contribution in [-0.4, -0.2) is 13.2 Å². The highest BCUT2D eigenvalue weighted by Gasteiger charge is 2.04. The van der Waals surface area contributed by atoms with Crippen LogP contribution < -0.4 is 10.5 Å². The van der Waals surface area contributed by atoms with Crippen LogP contribution in [0.1, 0.15) is 31.4 Å². The number of hydrogen-bond acceptors (Lipinski definition) is 3. The third kappa shape index (κ3) is 3.51. The summed E-state index contributed by atoms with van der Waals surface area (Å²) in [5, 5.41) is 0. The molecule has 0 aliphatic heterocycles. The van der Waals surface area contributed by atoms with Gasteiger partial charge in [-0.25, -0.2) is 0 Å². The molecule has 0 spiro atoms. The van der Waals surface area contributed by atoms with Crippen LogP contribution in [0.4, 0.5) is 0 Å². The largest absolute Gasteiger partial charge is 0.496 e. The topological polar surface area (TPSA) is 44.5 Å². The van der Waals surface area contributed by atoms with Gasteiger partial charge in [-0.05, 0) is 31.0 Å². The molecule has 0 aromatic heterocycles. The number of ether oxygens (including phenoxy) is 2. The molecule has 1 aromatic rings. The van der Waals surface area contributed by atoms with Crippen molar-refractivity contribution in [2.24, 2.45) is 5.73 Å². The van der Waals surface area contributed by atoms with E-state index >= 15 is 0 Å². The van der Waals surface area contributed by atoms with Crippen LogP contribution in [0.25, 0.3) is 0 Å². The molecule has 0 heterocycles. The summed E-state index contributed by atoms with van der Waals surface area (Å²) < 4.78 is 10.9. The molecule has 0 fully saturated rings. The van der Waals surface area contributed by atoms with E-state index in [1.165, 1.54) is 0 Å². The van der Waals surface area contributed by atoms with Crippen molar-refractivity contribution in [3.05, 3.63) is 29.3 Å². The highest BCUT2D eigenvalue weighted by Crippen LogP contribution is 2.20. The Labute approximate surface area is 97.6 Å². The first-order chi connectivity index (χ1) is 7.71. The molecule has 0 saturated carbocycles. The number of methoxy groups -OCH3 is 1. The van der Waals surface area contributed by atoms with Gasteiger partial charge in [-0.15, -0.1) is 0 Å². The van der Waals surface area contributed by atoms with E-state index in [0.717, 1.165) is 23.3 Å². The summed E-state index contributed by atoms with van der Waals surface area (Å²) in [6, 6.07) is 6.00. The van der Waals surface area contributed by atoms with Crippen LogP contribution >= 0.6 is 0 Å². The lowest BCUT2D eigenvalue weighted by atomic mass is 10.1. The van der Waals surface area contributed by atoms with Gasteiger partial charge in [0.2, 0.25) is 0 Å². The van der Waals surface area contributed by atoms with Gasteiger partial charge in [0.1, 0.15) is 5.75 Å². The molecule has 1 aromatic carbocycles. The molecule has 1 rings (SSSR count). The predicted molar refractivity (Wildman–Crippen MR) is 65.4 cm³/mol. The zero-order valence-corrected chi connectivity index (χ0v) is 10.3. The Hall–Kier alpha value is -1.06. The number of benzene rings is 1. The maximum absolute atomic E-state index is 5.67. The van der Waals surface area contributed by atoms with E-state index in [1.807, 2.05) is 18.2 Å². The quantitative estimate of drug-likeness (QED) is 0.805. The fourth-order valence-electron chi connectivity index (χ4n) is 1.44. The van der Waals surface area contributed by atoms with E-state index in [2.05, 4.69) is 13.8 Å². The highest BCUT2D eigenvalue weighted by atomic mass is 16.5. The van der Waals surface area contributed by atoms with Crippen molar-refractivity contribution in [1.29, 1.82) is 0 Å². The second-order valence-corrected chi connectivity index (χ2v) is 3.88. The Bertz CT molecular complexity index is 326. The van der Waals surface area contributed by atoms with Crippen LogP contribution in [0.15, 0.2) is 18.2 Å². The van der Waals surface area contributed by atoms with Crippen molar-refractivity contribution in [2.45, 2.75) is 39.5 Å². The summed E-state index contributed by atoms with van der Waals surface area (Å²) in [5.41, 5.74) is 7.82. The van der Waals surface area contributed by atoms with Crippen LogP contribution in [0.5, 0.6) is 5.75 Å². The lowest BCUT2D eigenvalue weighted by Gasteiger charge is -2.12. The number of rotatable bonds is 6. The second kappa shape index (κ2) is 6.51. The molecule has 0 saturated heterocycles. The van der Waals surface area contributed by atoms with Gasteiger partial charge in [0.15, 0.2) is 0 Å². The molecule has 0 bridgehead atoms. The molecule has 16 heavy (non-hydrogen) atoms. The molecule has 2 N–H and O–H groups in total. The fraction of sp³-hybridized carbons (Fsp3) is 0.538.